The Morgan fingerprint density at radius 1 is 1.00 bits per heavy atom. The molecule has 0 heterocycles. The third-order valence-electron chi connectivity index (χ3n) is 4.43. The monoisotopic (exact) mass is 354 g/mol. The number of hydrogen-bond acceptors (Lipinski definition) is 4. The molecule has 0 saturated heterocycles. The zero-order valence-electron chi connectivity index (χ0n) is 15.8. The highest BCUT2D eigenvalue weighted by Crippen LogP contribution is 2.13. The average Bonchev–Trinajstić information content (AvgIpc) is 2.66. The summed E-state index contributed by atoms with van der Waals surface area (Å²) in [6.45, 7) is 5.60. The van der Waals surface area contributed by atoms with Crippen LogP contribution in [0.5, 0.6) is 0 Å². The van der Waals surface area contributed by atoms with Crippen LogP contribution in [0.15, 0.2) is 48.5 Å². The molecule has 5 nitrogen and oxygen atoms in total. The van der Waals surface area contributed by atoms with E-state index in [0.29, 0.717) is 23.7 Å². The Bertz CT molecular complexity index is 754. The number of ether oxygens (including phenoxy) is 1. The smallest absolute Gasteiger partial charge is 0.337 e. The number of carbonyl (C=O) groups is 2. The van der Waals surface area contributed by atoms with Gasteiger partial charge in [0, 0.05) is 24.7 Å². The van der Waals surface area contributed by atoms with Crippen LogP contribution >= 0.6 is 0 Å². The molecule has 2 rings (SSSR count). The summed E-state index contributed by atoms with van der Waals surface area (Å²) in [4.78, 5) is 26.1. The minimum atomic E-state index is -0.417. The Morgan fingerprint density at radius 2 is 1.58 bits per heavy atom. The molecule has 0 aliphatic heterocycles. The lowest BCUT2D eigenvalue weighted by Gasteiger charge is -2.22. The van der Waals surface area contributed by atoms with E-state index >= 15 is 0 Å². The van der Waals surface area contributed by atoms with Crippen LogP contribution in [0.4, 0.5) is 0 Å². The van der Waals surface area contributed by atoms with Crippen molar-refractivity contribution in [2.24, 2.45) is 0 Å². The molecule has 138 valence electrons. The van der Waals surface area contributed by atoms with Crippen LogP contribution in [-0.4, -0.2) is 37.0 Å². The van der Waals surface area contributed by atoms with Crippen molar-refractivity contribution in [2.75, 3.05) is 14.2 Å². The first-order valence-corrected chi connectivity index (χ1v) is 8.66. The highest BCUT2D eigenvalue weighted by molar-refractivity contribution is 5.96. The Balaban J connectivity index is 2.02. The van der Waals surface area contributed by atoms with Gasteiger partial charge < -0.3 is 10.1 Å². The van der Waals surface area contributed by atoms with E-state index in [1.807, 2.05) is 18.2 Å². The first-order valence-electron chi connectivity index (χ1n) is 8.66. The summed E-state index contributed by atoms with van der Waals surface area (Å²) in [5.74, 6) is -0.589. The molecule has 0 radical (unpaired) electrons. The zero-order chi connectivity index (χ0) is 19.1. The van der Waals surface area contributed by atoms with Crippen LogP contribution < -0.4 is 5.32 Å². The largest absolute Gasteiger partial charge is 0.465 e. The molecule has 0 aromatic heterocycles. The second kappa shape index (κ2) is 9.15. The molecule has 0 atom stereocenters. The van der Waals surface area contributed by atoms with Gasteiger partial charge in [0.25, 0.3) is 5.91 Å². The molecule has 0 saturated carbocycles. The van der Waals surface area contributed by atoms with Gasteiger partial charge in [0.15, 0.2) is 0 Å². The van der Waals surface area contributed by atoms with E-state index < -0.39 is 5.97 Å². The molecule has 0 fully saturated rings. The number of nitrogens with zero attached hydrogens (tertiary/aromatic N) is 1. The van der Waals surface area contributed by atoms with E-state index in [1.165, 1.54) is 12.7 Å². The Morgan fingerprint density at radius 3 is 2.15 bits per heavy atom. The number of benzene rings is 2. The fourth-order valence-electron chi connectivity index (χ4n) is 2.49. The summed E-state index contributed by atoms with van der Waals surface area (Å²) in [7, 11) is 3.42. The first-order chi connectivity index (χ1) is 12.4. The van der Waals surface area contributed by atoms with Crippen molar-refractivity contribution >= 4 is 11.9 Å². The maximum absolute atomic E-state index is 12.4. The molecule has 2 aromatic carbocycles. The van der Waals surface area contributed by atoms with E-state index in [4.69, 9.17) is 0 Å². The summed E-state index contributed by atoms with van der Waals surface area (Å²) in [6, 6.07) is 15.0. The number of methoxy groups -OCH3 is 1. The predicted molar refractivity (Wildman–Crippen MR) is 102 cm³/mol. The van der Waals surface area contributed by atoms with Crippen molar-refractivity contribution in [3.05, 3.63) is 70.8 Å². The van der Waals surface area contributed by atoms with Crippen molar-refractivity contribution in [2.45, 2.75) is 33.0 Å². The van der Waals surface area contributed by atoms with E-state index in [0.717, 1.165) is 12.1 Å². The van der Waals surface area contributed by atoms with Gasteiger partial charge in [0.2, 0.25) is 0 Å². The number of amides is 1. The third kappa shape index (κ3) is 5.17. The van der Waals surface area contributed by atoms with Crippen LogP contribution in [0.3, 0.4) is 0 Å². The molecule has 0 spiro atoms. The van der Waals surface area contributed by atoms with Gasteiger partial charge in [-0.1, -0.05) is 24.3 Å². The van der Waals surface area contributed by atoms with Crippen LogP contribution in [0, 0.1) is 0 Å². The van der Waals surface area contributed by atoms with Crippen molar-refractivity contribution in [3.63, 3.8) is 0 Å². The fraction of sp³-hybridized carbons (Fsp3) is 0.333. The lowest BCUT2D eigenvalue weighted by molar-refractivity contribution is 0.0600. The minimum absolute atomic E-state index is 0.173. The maximum atomic E-state index is 12.4. The van der Waals surface area contributed by atoms with Gasteiger partial charge in [-0.05, 0) is 56.3 Å². The van der Waals surface area contributed by atoms with E-state index in [2.05, 4.69) is 41.9 Å². The average molecular weight is 354 g/mol. The highest BCUT2D eigenvalue weighted by Gasteiger charge is 2.11. The molecule has 0 aliphatic carbocycles. The fourth-order valence-corrected chi connectivity index (χ4v) is 2.49. The minimum Gasteiger partial charge on any atom is -0.465 e. The van der Waals surface area contributed by atoms with Gasteiger partial charge in [-0.25, -0.2) is 4.79 Å². The van der Waals surface area contributed by atoms with E-state index in [9.17, 15) is 9.59 Å². The predicted octanol–water partition coefficient (Wildman–Crippen LogP) is 3.24. The number of hydrogen-bond donors (Lipinski definition) is 1. The van der Waals surface area contributed by atoms with Crippen LogP contribution in [0.2, 0.25) is 0 Å². The SMILES string of the molecule is COC(=O)c1ccc(C(=O)NCc2ccccc2CN(C)C(C)C)cc1. The van der Waals surface area contributed by atoms with Gasteiger partial charge in [-0.2, -0.15) is 0 Å². The molecule has 0 aliphatic rings. The third-order valence-corrected chi connectivity index (χ3v) is 4.43. The quantitative estimate of drug-likeness (QED) is 0.776. The summed E-state index contributed by atoms with van der Waals surface area (Å²) in [5, 5.41) is 2.95. The number of nitrogens with one attached hydrogen (secondary N) is 1. The lowest BCUT2D eigenvalue weighted by atomic mass is 10.1. The number of rotatable bonds is 7. The molecular weight excluding hydrogens is 328 g/mol. The topological polar surface area (TPSA) is 58.6 Å². The van der Waals surface area contributed by atoms with Crippen molar-refractivity contribution in [1.82, 2.24) is 10.2 Å². The highest BCUT2D eigenvalue weighted by atomic mass is 16.5. The van der Waals surface area contributed by atoms with Gasteiger partial charge in [0.1, 0.15) is 0 Å². The van der Waals surface area contributed by atoms with Crippen molar-refractivity contribution in [1.29, 1.82) is 0 Å². The Kier molecular flexibility index (Phi) is 6.92. The van der Waals surface area contributed by atoms with Gasteiger partial charge >= 0.3 is 5.97 Å². The maximum Gasteiger partial charge on any atom is 0.337 e. The molecule has 1 N–H and O–H groups in total. The first kappa shape index (κ1) is 19.7. The normalized spacial score (nSPS) is 10.8. The summed E-state index contributed by atoms with van der Waals surface area (Å²) in [5.41, 5.74) is 3.23. The molecule has 0 bridgehead atoms. The number of carbonyl (C=O) groups excluding carboxylic acids is 2. The molecule has 1 amide bonds. The van der Waals surface area contributed by atoms with Crippen molar-refractivity contribution < 1.29 is 14.3 Å². The Hall–Kier alpha value is -2.66. The van der Waals surface area contributed by atoms with Gasteiger partial charge in [0.05, 0.1) is 12.7 Å². The lowest BCUT2D eigenvalue weighted by Crippen LogP contribution is -2.27. The van der Waals surface area contributed by atoms with Crippen LogP contribution in [-0.2, 0) is 17.8 Å². The molecule has 0 unspecified atom stereocenters. The second-order valence-electron chi connectivity index (χ2n) is 6.53. The van der Waals surface area contributed by atoms with Gasteiger partial charge in [-0.3, -0.25) is 9.69 Å². The van der Waals surface area contributed by atoms with Crippen LogP contribution in [0.1, 0.15) is 45.7 Å². The summed E-state index contributed by atoms with van der Waals surface area (Å²) >= 11 is 0. The van der Waals surface area contributed by atoms with E-state index in [1.54, 1.807) is 24.3 Å². The second-order valence-corrected chi connectivity index (χ2v) is 6.53. The standard InChI is InChI=1S/C21H26N2O3/c1-15(2)23(3)14-19-8-6-5-7-18(19)13-22-20(24)16-9-11-17(12-10-16)21(25)26-4/h5-12,15H,13-14H2,1-4H3,(H,22,24). The summed E-state index contributed by atoms with van der Waals surface area (Å²) in [6.07, 6.45) is 0. The molecule has 2 aromatic rings. The Labute approximate surface area is 155 Å². The van der Waals surface area contributed by atoms with Crippen LogP contribution in [0.25, 0.3) is 0 Å². The summed E-state index contributed by atoms with van der Waals surface area (Å²) < 4.78 is 4.66. The molecular formula is C21H26N2O3. The molecule has 5 heteroatoms. The van der Waals surface area contributed by atoms with Gasteiger partial charge in [-0.15, -0.1) is 0 Å². The van der Waals surface area contributed by atoms with E-state index in [-0.39, 0.29) is 5.91 Å². The van der Waals surface area contributed by atoms with Crippen molar-refractivity contribution in [3.8, 4) is 0 Å². The molecule has 26 heavy (non-hydrogen) atoms. The zero-order valence-corrected chi connectivity index (χ0v) is 15.8. The number of esters is 1.